The lowest BCUT2D eigenvalue weighted by Crippen LogP contribution is -2.04. The number of aromatic nitrogens is 2. The Morgan fingerprint density at radius 3 is 2.60 bits per heavy atom. The van der Waals surface area contributed by atoms with Crippen LogP contribution in [0.1, 0.15) is 0 Å². The topological polar surface area (TPSA) is 62.8 Å². The number of nitrogens with zero attached hydrogens (tertiary/aromatic N) is 1. The van der Waals surface area contributed by atoms with E-state index in [0.29, 0.717) is 0 Å². The van der Waals surface area contributed by atoms with Gasteiger partial charge in [0.15, 0.2) is 0 Å². The van der Waals surface area contributed by atoms with E-state index in [9.17, 15) is 8.42 Å². The molecular weight excluding hydrogens is 236 g/mol. The first-order valence-electron chi connectivity index (χ1n) is 4.11. The predicted octanol–water partition coefficient (Wildman–Crippen LogP) is 1.90. The van der Waals surface area contributed by atoms with Gasteiger partial charge in [0, 0.05) is 12.4 Å². The molecule has 0 saturated carbocycles. The monoisotopic (exact) mass is 242 g/mol. The molecule has 0 aliphatic rings. The second-order valence-electron chi connectivity index (χ2n) is 2.83. The normalized spacial score (nSPS) is 11.5. The average molecular weight is 243 g/mol. The summed E-state index contributed by atoms with van der Waals surface area (Å²) in [6, 6.07) is 6.25. The van der Waals surface area contributed by atoms with Crippen molar-refractivity contribution in [2.45, 2.75) is 10.1 Å². The maximum Gasteiger partial charge on any atom is 0.241 e. The number of nitrogens with one attached hydrogen (secondary N) is 1. The lowest BCUT2D eigenvalue weighted by atomic mass is 10.4. The molecule has 0 spiro atoms. The minimum atomic E-state index is -3.62. The molecule has 0 fully saturated rings. The summed E-state index contributed by atoms with van der Waals surface area (Å²) in [6.45, 7) is 0. The number of rotatable bonds is 2. The minimum Gasteiger partial charge on any atom is -0.335 e. The van der Waals surface area contributed by atoms with Gasteiger partial charge in [-0.2, -0.15) is 0 Å². The van der Waals surface area contributed by atoms with Gasteiger partial charge in [-0.15, -0.1) is 0 Å². The van der Waals surface area contributed by atoms with Crippen LogP contribution in [0.25, 0.3) is 0 Å². The molecule has 78 valence electrons. The molecule has 0 saturated heterocycles. The van der Waals surface area contributed by atoms with Gasteiger partial charge in [-0.25, -0.2) is 13.4 Å². The number of sulfone groups is 1. The zero-order chi connectivity index (χ0) is 10.9. The number of H-pyrrole nitrogens is 1. The van der Waals surface area contributed by atoms with Gasteiger partial charge in [0.05, 0.1) is 9.92 Å². The van der Waals surface area contributed by atoms with E-state index in [1.807, 2.05) is 0 Å². The second kappa shape index (κ2) is 3.67. The van der Waals surface area contributed by atoms with Crippen molar-refractivity contribution in [3.63, 3.8) is 0 Å². The fourth-order valence-electron chi connectivity index (χ4n) is 1.16. The molecular formula is C9H7ClN2O2S. The Labute approximate surface area is 91.8 Å². The van der Waals surface area contributed by atoms with Gasteiger partial charge < -0.3 is 4.98 Å². The Hall–Kier alpha value is -1.33. The Kier molecular flexibility index (Phi) is 2.50. The van der Waals surface area contributed by atoms with Crippen LogP contribution in [0, 0.1) is 0 Å². The third-order valence-corrected chi connectivity index (χ3v) is 3.96. The largest absolute Gasteiger partial charge is 0.335 e. The highest BCUT2D eigenvalue weighted by molar-refractivity contribution is 7.91. The molecule has 0 aliphatic heterocycles. The molecule has 4 nitrogen and oxygen atoms in total. The summed E-state index contributed by atoms with van der Waals surface area (Å²) in [5.74, 6) is 0. The highest BCUT2D eigenvalue weighted by atomic mass is 35.5. The molecule has 0 unspecified atom stereocenters. The van der Waals surface area contributed by atoms with Crippen LogP contribution in [0.2, 0.25) is 5.02 Å². The number of halogens is 1. The van der Waals surface area contributed by atoms with Crippen LogP contribution >= 0.6 is 11.6 Å². The van der Waals surface area contributed by atoms with Crippen LogP contribution < -0.4 is 0 Å². The van der Waals surface area contributed by atoms with Gasteiger partial charge in [0.1, 0.15) is 0 Å². The van der Waals surface area contributed by atoms with Gasteiger partial charge in [-0.05, 0) is 12.1 Å². The Bertz CT molecular complexity index is 564. The van der Waals surface area contributed by atoms with Crippen LogP contribution in [-0.2, 0) is 9.84 Å². The van der Waals surface area contributed by atoms with E-state index in [1.165, 1.54) is 24.5 Å². The lowest BCUT2D eigenvalue weighted by molar-refractivity contribution is 0.589. The predicted molar refractivity (Wildman–Crippen MR) is 55.5 cm³/mol. The molecule has 0 atom stereocenters. The number of hydrogen-bond acceptors (Lipinski definition) is 3. The molecule has 15 heavy (non-hydrogen) atoms. The van der Waals surface area contributed by atoms with Crippen LogP contribution in [0.5, 0.6) is 0 Å². The van der Waals surface area contributed by atoms with Crippen molar-refractivity contribution in [1.82, 2.24) is 9.97 Å². The molecule has 2 rings (SSSR count). The van der Waals surface area contributed by atoms with Crippen molar-refractivity contribution in [2.24, 2.45) is 0 Å². The zero-order valence-electron chi connectivity index (χ0n) is 7.51. The maximum absolute atomic E-state index is 11.9. The van der Waals surface area contributed by atoms with Crippen LogP contribution in [0.4, 0.5) is 0 Å². The SMILES string of the molecule is O=S(=O)(c1ncc[nH]1)c1ccccc1Cl. The summed E-state index contributed by atoms with van der Waals surface area (Å²) in [7, 11) is -3.62. The number of benzene rings is 1. The number of imidazole rings is 1. The second-order valence-corrected chi connectivity index (χ2v) is 5.07. The van der Waals surface area contributed by atoms with E-state index < -0.39 is 9.84 Å². The van der Waals surface area contributed by atoms with E-state index in [-0.39, 0.29) is 15.1 Å². The molecule has 6 heteroatoms. The van der Waals surface area contributed by atoms with Crippen LogP contribution in [-0.4, -0.2) is 18.4 Å². The molecule has 1 N–H and O–H groups in total. The van der Waals surface area contributed by atoms with E-state index in [2.05, 4.69) is 9.97 Å². The molecule has 1 aromatic heterocycles. The summed E-state index contributed by atoms with van der Waals surface area (Å²) < 4.78 is 23.9. The van der Waals surface area contributed by atoms with Gasteiger partial charge in [0.2, 0.25) is 15.0 Å². The van der Waals surface area contributed by atoms with Gasteiger partial charge in [0.25, 0.3) is 0 Å². The fraction of sp³-hybridized carbons (Fsp3) is 0. The van der Waals surface area contributed by atoms with Gasteiger partial charge >= 0.3 is 0 Å². The summed E-state index contributed by atoms with van der Waals surface area (Å²) in [4.78, 5) is 6.31. The summed E-state index contributed by atoms with van der Waals surface area (Å²) in [6.07, 6.45) is 2.83. The first kappa shape index (κ1) is 10.2. The molecule has 0 amide bonds. The Balaban J connectivity index is 2.62. The highest BCUT2D eigenvalue weighted by Gasteiger charge is 2.22. The number of aromatic amines is 1. The Morgan fingerprint density at radius 2 is 2.00 bits per heavy atom. The molecule has 1 heterocycles. The maximum atomic E-state index is 11.9. The standard InChI is InChI=1S/C9H7ClN2O2S/c10-7-3-1-2-4-8(7)15(13,14)9-11-5-6-12-9/h1-6H,(H,11,12). The van der Waals surface area contributed by atoms with Crippen molar-refractivity contribution in [2.75, 3.05) is 0 Å². The van der Waals surface area contributed by atoms with Crippen LogP contribution in [0.15, 0.2) is 46.7 Å². The van der Waals surface area contributed by atoms with E-state index in [0.717, 1.165) is 0 Å². The van der Waals surface area contributed by atoms with E-state index >= 15 is 0 Å². The van der Waals surface area contributed by atoms with Crippen molar-refractivity contribution >= 4 is 21.4 Å². The third kappa shape index (κ3) is 1.75. The molecule has 2 aromatic rings. The van der Waals surface area contributed by atoms with E-state index in [4.69, 9.17) is 11.6 Å². The quantitative estimate of drug-likeness (QED) is 0.875. The fourth-order valence-corrected chi connectivity index (χ4v) is 2.82. The van der Waals surface area contributed by atoms with Crippen molar-refractivity contribution < 1.29 is 8.42 Å². The number of hydrogen-bond donors (Lipinski definition) is 1. The van der Waals surface area contributed by atoms with Gasteiger partial charge in [-0.1, -0.05) is 23.7 Å². The molecule has 0 radical (unpaired) electrons. The summed E-state index contributed by atoms with van der Waals surface area (Å²) >= 11 is 5.80. The smallest absolute Gasteiger partial charge is 0.241 e. The summed E-state index contributed by atoms with van der Waals surface area (Å²) in [5.41, 5.74) is 0. The summed E-state index contributed by atoms with van der Waals surface area (Å²) in [5, 5.41) is 0.0875. The molecule has 0 bridgehead atoms. The Morgan fingerprint density at radius 1 is 1.27 bits per heavy atom. The third-order valence-electron chi connectivity index (χ3n) is 1.85. The molecule has 1 aromatic carbocycles. The average Bonchev–Trinajstić information content (AvgIpc) is 2.71. The molecule has 0 aliphatic carbocycles. The van der Waals surface area contributed by atoms with Crippen molar-refractivity contribution in [3.05, 3.63) is 41.7 Å². The minimum absolute atomic E-state index is 0.0571. The lowest BCUT2D eigenvalue weighted by Gasteiger charge is -2.02. The van der Waals surface area contributed by atoms with Crippen LogP contribution in [0.3, 0.4) is 0 Å². The van der Waals surface area contributed by atoms with Gasteiger partial charge in [-0.3, -0.25) is 0 Å². The zero-order valence-corrected chi connectivity index (χ0v) is 9.09. The van der Waals surface area contributed by atoms with Crippen molar-refractivity contribution in [1.29, 1.82) is 0 Å². The first-order valence-corrected chi connectivity index (χ1v) is 5.97. The van der Waals surface area contributed by atoms with E-state index in [1.54, 1.807) is 12.1 Å². The van der Waals surface area contributed by atoms with Crippen molar-refractivity contribution in [3.8, 4) is 0 Å². The highest BCUT2D eigenvalue weighted by Crippen LogP contribution is 2.24. The first-order chi connectivity index (χ1) is 7.12.